The maximum Gasteiger partial charge on any atom is 0.315 e. The van der Waals surface area contributed by atoms with Crippen molar-refractivity contribution in [2.24, 2.45) is 10.7 Å². The molecular formula is C25H31N5O3S3. The molecule has 0 saturated heterocycles. The number of amides is 2. The molecule has 2 amide bonds. The molecule has 0 spiro atoms. The molecule has 3 rings (SSSR count). The van der Waals surface area contributed by atoms with Gasteiger partial charge in [-0.2, -0.15) is 0 Å². The van der Waals surface area contributed by atoms with Gasteiger partial charge in [-0.05, 0) is 53.0 Å². The molecule has 1 unspecified atom stereocenters. The van der Waals surface area contributed by atoms with Crippen molar-refractivity contribution in [2.75, 3.05) is 18.9 Å². The zero-order chi connectivity index (χ0) is 26.1. The first kappa shape index (κ1) is 28.0. The number of hydrogen-bond donors (Lipinski definition) is 4. The molecule has 8 nitrogen and oxygen atoms in total. The van der Waals surface area contributed by atoms with Gasteiger partial charge in [0.1, 0.15) is 21.5 Å². The van der Waals surface area contributed by atoms with E-state index in [0.29, 0.717) is 33.0 Å². The van der Waals surface area contributed by atoms with Gasteiger partial charge in [0, 0.05) is 30.2 Å². The van der Waals surface area contributed by atoms with Gasteiger partial charge in [-0.1, -0.05) is 44.2 Å². The fraction of sp³-hybridized carbons (Fsp3) is 0.320. The first-order chi connectivity index (χ1) is 17.3. The van der Waals surface area contributed by atoms with Crippen LogP contribution in [0.5, 0.6) is 0 Å². The van der Waals surface area contributed by atoms with Crippen LogP contribution < -0.4 is 16.4 Å². The lowest BCUT2D eigenvalue weighted by molar-refractivity contribution is 0.234. The SMILES string of the molecule is C=C(/N=C1/SC([S+]([O-])CCCC)=C(N)/C1=C(/C)c1ccc(CNC(=O)NCCO)cc1)c1nccs1. The molecule has 36 heavy (non-hydrogen) atoms. The number of rotatable bonds is 11. The largest absolute Gasteiger partial charge is 0.611 e. The monoisotopic (exact) mass is 545 g/mol. The van der Waals surface area contributed by atoms with Crippen molar-refractivity contribution in [2.45, 2.75) is 33.2 Å². The van der Waals surface area contributed by atoms with E-state index in [1.807, 2.05) is 36.6 Å². The molecular weight excluding hydrogens is 515 g/mol. The van der Waals surface area contributed by atoms with Crippen molar-refractivity contribution in [3.8, 4) is 0 Å². The molecule has 0 bridgehead atoms. The van der Waals surface area contributed by atoms with Gasteiger partial charge in [-0.15, -0.1) is 11.3 Å². The summed E-state index contributed by atoms with van der Waals surface area (Å²) in [5, 5.41) is 17.4. The van der Waals surface area contributed by atoms with Crippen LogP contribution in [0.2, 0.25) is 0 Å². The Morgan fingerprint density at radius 3 is 2.69 bits per heavy atom. The van der Waals surface area contributed by atoms with Crippen LogP contribution in [0.25, 0.3) is 11.3 Å². The van der Waals surface area contributed by atoms with Gasteiger partial charge in [0.25, 0.3) is 0 Å². The fourth-order valence-electron chi connectivity index (χ4n) is 3.36. The Balaban J connectivity index is 1.89. The zero-order valence-corrected chi connectivity index (χ0v) is 22.8. The summed E-state index contributed by atoms with van der Waals surface area (Å²) in [5.74, 6) is 0.556. The highest BCUT2D eigenvalue weighted by Gasteiger charge is 2.35. The maximum absolute atomic E-state index is 13.0. The van der Waals surface area contributed by atoms with Gasteiger partial charge in [0.2, 0.25) is 4.24 Å². The minimum absolute atomic E-state index is 0.109. The number of nitrogens with zero attached hydrogens (tertiary/aromatic N) is 2. The highest BCUT2D eigenvalue weighted by molar-refractivity contribution is 8.28. The number of benzene rings is 1. The van der Waals surface area contributed by atoms with Crippen LogP contribution in [0.1, 0.15) is 42.8 Å². The third-order valence-corrected chi connectivity index (χ3v) is 9.13. The van der Waals surface area contributed by atoms with E-state index >= 15 is 0 Å². The van der Waals surface area contributed by atoms with E-state index < -0.39 is 11.2 Å². The summed E-state index contributed by atoms with van der Waals surface area (Å²) in [4.78, 5) is 20.7. The molecule has 1 aliphatic heterocycles. The highest BCUT2D eigenvalue weighted by Crippen LogP contribution is 2.43. The Labute approximate surface area is 223 Å². The third kappa shape index (κ3) is 7.23. The van der Waals surface area contributed by atoms with Crippen molar-refractivity contribution in [3.05, 3.63) is 74.1 Å². The van der Waals surface area contributed by atoms with Gasteiger partial charge in [-0.3, -0.25) is 0 Å². The maximum atomic E-state index is 13.0. The van der Waals surface area contributed by atoms with Crippen LogP contribution in [-0.4, -0.2) is 44.6 Å². The molecule has 2 aromatic rings. The minimum Gasteiger partial charge on any atom is -0.611 e. The van der Waals surface area contributed by atoms with Crippen LogP contribution in [-0.2, 0) is 17.7 Å². The average molecular weight is 546 g/mol. The van der Waals surface area contributed by atoms with E-state index in [-0.39, 0.29) is 19.2 Å². The van der Waals surface area contributed by atoms with Crippen molar-refractivity contribution in [1.29, 1.82) is 0 Å². The number of aliphatic imine (C=N–C) groups is 1. The Morgan fingerprint density at radius 2 is 2.06 bits per heavy atom. The number of aromatic nitrogens is 1. The van der Waals surface area contributed by atoms with Crippen LogP contribution in [0.15, 0.2) is 62.9 Å². The minimum atomic E-state index is -1.21. The number of thiazole rings is 1. The van der Waals surface area contributed by atoms with E-state index in [9.17, 15) is 9.35 Å². The van der Waals surface area contributed by atoms with Crippen molar-refractivity contribution in [3.63, 3.8) is 0 Å². The summed E-state index contributed by atoms with van der Waals surface area (Å²) < 4.78 is 13.6. The first-order valence-electron chi connectivity index (χ1n) is 11.5. The Hall–Kier alpha value is -2.57. The molecule has 0 saturated carbocycles. The quantitative estimate of drug-likeness (QED) is 0.313. The van der Waals surface area contributed by atoms with E-state index in [1.165, 1.54) is 23.1 Å². The summed E-state index contributed by atoms with van der Waals surface area (Å²) in [7, 11) is 0. The van der Waals surface area contributed by atoms with Gasteiger partial charge in [0.15, 0.2) is 0 Å². The smallest absolute Gasteiger partial charge is 0.315 e. The first-order valence-corrected chi connectivity index (χ1v) is 14.5. The Morgan fingerprint density at radius 1 is 1.31 bits per heavy atom. The second-order valence-electron chi connectivity index (χ2n) is 7.94. The number of carbonyl (C=O) groups is 1. The molecule has 2 heterocycles. The number of unbranched alkanes of at least 4 members (excludes halogenated alkanes) is 1. The topological polar surface area (TPSA) is 136 Å². The molecule has 5 N–H and O–H groups in total. The number of thioether (sulfide) groups is 1. The summed E-state index contributed by atoms with van der Waals surface area (Å²) >= 11 is 1.60. The summed E-state index contributed by atoms with van der Waals surface area (Å²) in [5.41, 5.74) is 11.1. The van der Waals surface area contributed by atoms with Gasteiger partial charge in [-0.25, -0.2) is 14.8 Å². The predicted molar refractivity (Wildman–Crippen MR) is 152 cm³/mol. The predicted octanol–water partition coefficient (Wildman–Crippen LogP) is 4.20. The molecule has 0 aliphatic carbocycles. The average Bonchev–Trinajstić information content (AvgIpc) is 3.53. The van der Waals surface area contributed by atoms with Crippen LogP contribution in [0.4, 0.5) is 4.79 Å². The lowest BCUT2D eigenvalue weighted by Crippen LogP contribution is -2.36. The zero-order valence-electron chi connectivity index (χ0n) is 20.4. The van der Waals surface area contributed by atoms with E-state index in [4.69, 9.17) is 15.8 Å². The number of aliphatic hydroxyl groups is 1. The molecule has 0 radical (unpaired) electrons. The van der Waals surface area contributed by atoms with Crippen molar-refractivity contribution < 1.29 is 14.5 Å². The number of aliphatic hydroxyl groups excluding tert-OH is 1. The number of hydrogen-bond acceptors (Lipinski definition) is 8. The molecule has 0 fully saturated rings. The molecule has 11 heteroatoms. The fourth-order valence-corrected chi connectivity index (χ4v) is 6.76. The lowest BCUT2D eigenvalue weighted by atomic mass is 9.99. The second-order valence-corrected chi connectivity index (χ2v) is 11.6. The second kappa shape index (κ2) is 13.7. The number of carbonyl (C=O) groups excluding carboxylic acids is 1. The van der Waals surface area contributed by atoms with E-state index in [2.05, 4.69) is 29.1 Å². The van der Waals surface area contributed by atoms with Crippen molar-refractivity contribution >= 4 is 56.6 Å². The van der Waals surface area contributed by atoms with Crippen LogP contribution in [0.3, 0.4) is 0 Å². The summed E-state index contributed by atoms with van der Waals surface area (Å²) in [6.45, 7) is 8.56. The number of allylic oxidation sites excluding steroid dienone is 2. The number of nitrogens with two attached hydrogens (primary N) is 1. The van der Waals surface area contributed by atoms with E-state index in [0.717, 1.165) is 40.1 Å². The number of nitrogens with one attached hydrogen (secondary N) is 2. The standard InChI is InChI=1S/C25H31N5O3S3/c1-4-5-14-36(33)24-21(26)20(23(35-24)30-17(3)22-27-11-13-34-22)16(2)19-8-6-18(7-9-19)15-29-25(32)28-10-12-31/h6-9,11,13,31H,3-5,10,12,14-15,26H2,1-2H3,(H2,28,29,32)/b20-16+,30-23+. The lowest BCUT2D eigenvalue weighted by Gasteiger charge is -2.11. The molecule has 192 valence electrons. The highest BCUT2D eigenvalue weighted by atomic mass is 32.3. The van der Waals surface area contributed by atoms with Crippen LogP contribution in [0, 0.1) is 0 Å². The molecule has 1 atom stereocenters. The third-order valence-electron chi connectivity index (χ3n) is 5.31. The van der Waals surface area contributed by atoms with Gasteiger partial charge >= 0.3 is 6.03 Å². The normalized spacial score (nSPS) is 16.8. The Bertz CT molecular complexity index is 1160. The van der Waals surface area contributed by atoms with Crippen molar-refractivity contribution in [1.82, 2.24) is 15.6 Å². The number of urea groups is 1. The molecule has 1 aromatic carbocycles. The summed E-state index contributed by atoms with van der Waals surface area (Å²) in [6.07, 6.45) is 3.52. The Kier molecular flexibility index (Phi) is 10.6. The van der Waals surface area contributed by atoms with Gasteiger partial charge < -0.3 is 26.0 Å². The summed E-state index contributed by atoms with van der Waals surface area (Å²) in [6, 6.07) is 7.45. The van der Waals surface area contributed by atoms with Gasteiger partial charge in [0.05, 0.1) is 12.3 Å². The van der Waals surface area contributed by atoms with E-state index in [1.54, 1.807) is 6.20 Å². The molecule has 1 aromatic heterocycles. The molecule has 1 aliphatic rings. The van der Waals surface area contributed by atoms with Crippen LogP contribution >= 0.6 is 23.1 Å².